The van der Waals surface area contributed by atoms with E-state index in [0.717, 1.165) is 28.3 Å². The number of halogens is 2. The van der Waals surface area contributed by atoms with Gasteiger partial charge < -0.3 is 0 Å². The van der Waals surface area contributed by atoms with Crippen LogP contribution in [0.5, 0.6) is 0 Å². The lowest BCUT2D eigenvalue weighted by Gasteiger charge is -2.13. The van der Waals surface area contributed by atoms with Crippen LogP contribution in [0.3, 0.4) is 0 Å². The summed E-state index contributed by atoms with van der Waals surface area (Å²) in [6.45, 7) is 4.36. The number of rotatable bonds is 4. The fourth-order valence-electron chi connectivity index (χ4n) is 2.12. The Labute approximate surface area is 123 Å². The highest BCUT2D eigenvalue weighted by atomic mass is 35.5. The first-order chi connectivity index (χ1) is 8.67. The molecule has 0 aliphatic rings. The molecule has 18 heavy (non-hydrogen) atoms. The summed E-state index contributed by atoms with van der Waals surface area (Å²) in [5.74, 6) is 0. The second kappa shape index (κ2) is 6.10. The molecule has 0 saturated heterocycles. The van der Waals surface area contributed by atoms with Crippen molar-refractivity contribution < 1.29 is 0 Å². The fourth-order valence-corrected chi connectivity index (χ4v) is 3.75. The predicted molar refractivity (Wildman–Crippen MR) is 82.2 cm³/mol. The van der Waals surface area contributed by atoms with Crippen LogP contribution >= 0.6 is 34.5 Å². The van der Waals surface area contributed by atoms with Gasteiger partial charge in [-0.3, -0.25) is 0 Å². The van der Waals surface area contributed by atoms with Crippen LogP contribution in [0, 0.1) is 0 Å². The molecule has 1 atom stereocenters. The molecule has 0 aliphatic carbocycles. The molecule has 0 bridgehead atoms. The summed E-state index contributed by atoms with van der Waals surface area (Å²) in [6.07, 6.45) is 2.11. The topological polar surface area (TPSA) is 0 Å². The number of hydrogen-bond acceptors (Lipinski definition) is 1. The number of aryl methyl sites for hydroxylation is 2. The van der Waals surface area contributed by atoms with Gasteiger partial charge in [-0.25, -0.2) is 0 Å². The first-order valence-electron chi connectivity index (χ1n) is 6.16. The molecule has 1 heterocycles. The highest BCUT2D eigenvalue weighted by molar-refractivity contribution is 7.11. The van der Waals surface area contributed by atoms with Crippen LogP contribution in [-0.2, 0) is 12.8 Å². The Morgan fingerprint density at radius 2 is 1.83 bits per heavy atom. The molecule has 1 unspecified atom stereocenters. The van der Waals surface area contributed by atoms with Crippen LogP contribution in [-0.4, -0.2) is 0 Å². The van der Waals surface area contributed by atoms with Gasteiger partial charge in [0.2, 0.25) is 0 Å². The molecular weight excluding hydrogens is 283 g/mol. The highest BCUT2D eigenvalue weighted by Crippen LogP contribution is 2.37. The summed E-state index contributed by atoms with van der Waals surface area (Å²) in [5, 5.41) is 2.60. The van der Waals surface area contributed by atoms with Crippen LogP contribution in [0.2, 0.25) is 5.02 Å². The fraction of sp³-hybridized carbons (Fsp3) is 0.333. The van der Waals surface area contributed by atoms with Gasteiger partial charge in [0.05, 0.1) is 10.4 Å². The van der Waals surface area contributed by atoms with E-state index in [1.165, 1.54) is 11.1 Å². The van der Waals surface area contributed by atoms with Gasteiger partial charge in [0.25, 0.3) is 0 Å². The van der Waals surface area contributed by atoms with Crippen molar-refractivity contribution in [2.75, 3.05) is 0 Å². The van der Waals surface area contributed by atoms with E-state index in [9.17, 15) is 0 Å². The van der Waals surface area contributed by atoms with Gasteiger partial charge in [0.15, 0.2) is 0 Å². The second-order valence-electron chi connectivity index (χ2n) is 4.23. The lowest BCUT2D eigenvalue weighted by molar-refractivity contribution is 1.02. The standard InChI is InChI=1S/C15H16Cl2S/c1-3-10-5-6-12(9-11(10)4-2)14(17)15-13(16)7-8-18-15/h5-9,14H,3-4H2,1-2H3. The molecule has 0 N–H and O–H groups in total. The molecule has 0 radical (unpaired) electrons. The van der Waals surface area contributed by atoms with Gasteiger partial charge in [-0.1, -0.05) is 43.6 Å². The maximum absolute atomic E-state index is 6.53. The Kier molecular flexibility index (Phi) is 4.71. The molecule has 2 aromatic rings. The minimum Gasteiger partial charge on any atom is -0.145 e. The molecule has 0 aliphatic heterocycles. The van der Waals surface area contributed by atoms with Gasteiger partial charge in [-0.15, -0.1) is 22.9 Å². The molecule has 96 valence electrons. The molecule has 1 aromatic heterocycles. The Hall–Kier alpha value is -0.500. The minimum atomic E-state index is -0.145. The van der Waals surface area contributed by atoms with Crippen molar-refractivity contribution in [1.29, 1.82) is 0 Å². The van der Waals surface area contributed by atoms with Crippen LogP contribution in [0.25, 0.3) is 0 Å². The van der Waals surface area contributed by atoms with E-state index in [-0.39, 0.29) is 5.38 Å². The van der Waals surface area contributed by atoms with Gasteiger partial charge in [0, 0.05) is 4.88 Å². The van der Waals surface area contributed by atoms with E-state index in [1.54, 1.807) is 11.3 Å². The average molecular weight is 299 g/mol. The third-order valence-electron chi connectivity index (χ3n) is 3.16. The predicted octanol–water partition coefficient (Wildman–Crippen LogP) is 5.85. The number of thiophene rings is 1. The van der Waals surface area contributed by atoms with Crippen LogP contribution in [0.15, 0.2) is 29.6 Å². The van der Waals surface area contributed by atoms with E-state index >= 15 is 0 Å². The first-order valence-corrected chi connectivity index (χ1v) is 7.85. The van der Waals surface area contributed by atoms with Gasteiger partial charge in [-0.05, 0) is 41.0 Å². The second-order valence-corrected chi connectivity index (χ2v) is 6.02. The summed E-state index contributed by atoms with van der Waals surface area (Å²) in [7, 11) is 0. The van der Waals surface area contributed by atoms with Crippen LogP contribution < -0.4 is 0 Å². The lowest BCUT2D eigenvalue weighted by atomic mass is 9.98. The molecule has 0 amide bonds. The normalized spacial score (nSPS) is 12.7. The summed E-state index contributed by atoms with van der Waals surface area (Å²) in [6, 6.07) is 8.42. The van der Waals surface area contributed by atoms with E-state index < -0.39 is 0 Å². The monoisotopic (exact) mass is 298 g/mol. The molecule has 3 heteroatoms. The van der Waals surface area contributed by atoms with E-state index in [4.69, 9.17) is 23.2 Å². The van der Waals surface area contributed by atoms with Crippen LogP contribution in [0.4, 0.5) is 0 Å². The Balaban J connectivity index is 2.37. The molecule has 0 spiro atoms. The Bertz CT molecular complexity index is 531. The smallest absolute Gasteiger partial charge is 0.0942 e. The van der Waals surface area contributed by atoms with Gasteiger partial charge in [0.1, 0.15) is 0 Å². The zero-order valence-corrected chi connectivity index (χ0v) is 12.9. The number of benzene rings is 1. The van der Waals surface area contributed by atoms with Crippen molar-refractivity contribution >= 4 is 34.5 Å². The van der Waals surface area contributed by atoms with Crippen molar-refractivity contribution in [3.63, 3.8) is 0 Å². The molecule has 0 fully saturated rings. The van der Waals surface area contributed by atoms with Crippen molar-refractivity contribution in [3.8, 4) is 0 Å². The summed E-state index contributed by atoms with van der Waals surface area (Å²) in [5.41, 5.74) is 3.92. The quantitative estimate of drug-likeness (QED) is 0.621. The van der Waals surface area contributed by atoms with E-state index in [0.29, 0.717) is 0 Å². The summed E-state index contributed by atoms with van der Waals surface area (Å²) in [4.78, 5) is 1.03. The zero-order valence-electron chi connectivity index (χ0n) is 10.5. The zero-order chi connectivity index (χ0) is 13.1. The third-order valence-corrected chi connectivity index (χ3v) is 5.18. The largest absolute Gasteiger partial charge is 0.145 e. The minimum absolute atomic E-state index is 0.145. The number of alkyl halides is 1. The molecule has 1 aromatic carbocycles. The van der Waals surface area contributed by atoms with Crippen molar-refractivity contribution in [1.82, 2.24) is 0 Å². The molecule has 0 nitrogen and oxygen atoms in total. The van der Waals surface area contributed by atoms with Crippen molar-refractivity contribution in [2.24, 2.45) is 0 Å². The Morgan fingerprint density at radius 1 is 1.11 bits per heavy atom. The van der Waals surface area contributed by atoms with Crippen molar-refractivity contribution in [3.05, 3.63) is 56.2 Å². The first kappa shape index (κ1) is 13.9. The van der Waals surface area contributed by atoms with Gasteiger partial charge in [-0.2, -0.15) is 0 Å². The lowest BCUT2D eigenvalue weighted by Crippen LogP contribution is -1.97. The highest BCUT2D eigenvalue weighted by Gasteiger charge is 2.16. The van der Waals surface area contributed by atoms with Crippen molar-refractivity contribution in [2.45, 2.75) is 32.1 Å². The number of hydrogen-bond donors (Lipinski definition) is 0. The van der Waals surface area contributed by atoms with E-state index in [1.807, 2.05) is 11.4 Å². The third kappa shape index (κ3) is 2.74. The van der Waals surface area contributed by atoms with Crippen LogP contribution in [0.1, 0.15) is 40.8 Å². The maximum atomic E-state index is 6.53. The maximum Gasteiger partial charge on any atom is 0.0942 e. The van der Waals surface area contributed by atoms with Gasteiger partial charge >= 0.3 is 0 Å². The summed E-state index contributed by atoms with van der Waals surface area (Å²) >= 11 is 14.3. The SMILES string of the molecule is CCc1ccc(C(Cl)c2sccc2Cl)cc1CC. The van der Waals surface area contributed by atoms with E-state index in [2.05, 4.69) is 32.0 Å². The average Bonchev–Trinajstić information content (AvgIpc) is 2.83. The Morgan fingerprint density at radius 3 is 2.39 bits per heavy atom. The molecule has 0 saturated carbocycles. The molecular formula is C15H16Cl2S. The molecule has 2 rings (SSSR count). The summed E-state index contributed by atoms with van der Waals surface area (Å²) < 4.78 is 0.